The predicted molar refractivity (Wildman–Crippen MR) is 407 cm³/mol. The lowest BCUT2D eigenvalue weighted by molar-refractivity contribution is -0.417. The first-order chi connectivity index (χ1) is 53.6. The Hall–Kier alpha value is -8.75. The molecule has 0 aliphatic carbocycles. The number of alkyl halides is 4. The summed E-state index contributed by atoms with van der Waals surface area (Å²) >= 11 is 13.6. The third-order valence-corrected chi connectivity index (χ3v) is 19.9. The third kappa shape index (κ3) is 20.7. The van der Waals surface area contributed by atoms with Gasteiger partial charge < -0.3 is 72.2 Å². The van der Waals surface area contributed by atoms with Crippen LogP contribution in [-0.4, -0.2) is 130 Å². The molecule has 110 heavy (non-hydrogen) atoms. The van der Waals surface area contributed by atoms with Crippen molar-refractivity contribution >= 4 is 29.5 Å². The molecule has 0 aromatic heterocycles. The number of aliphatic hydroxyl groups is 3. The van der Waals surface area contributed by atoms with Crippen molar-refractivity contribution < 1.29 is 94.5 Å². The van der Waals surface area contributed by atoms with E-state index in [2.05, 4.69) is 0 Å². The minimum atomic E-state index is -2.59. The molecule has 0 saturated carbocycles. The highest BCUT2D eigenvalue weighted by atomic mass is 35.5. The second-order valence-corrected chi connectivity index (χ2v) is 27.4. The van der Waals surface area contributed by atoms with Crippen LogP contribution < -0.4 is 9.47 Å². The summed E-state index contributed by atoms with van der Waals surface area (Å²) in [5, 5.41) is 34.4. The molecule has 2 aliphatic heterocycles. The van der Waals surface area contributed by atoms with Crippen molar-refractivity contribution in [3.63, 3.8) is 0 Å². The average Bonchev–Trinajstić information content (AvgIpc) is 0.724. The maximum absolute atomic E-state index is 13.4. The molecule has 0 spiro atoms. The molecule has 2 fully saturated rings. The van der Waals surface area contributed by atoms with Gasteiger partial charge in [-0.3, -0.25) is 4.79 Å². The van der Waals surface area contributed by atoms with E-state index in [1.54, 1.807) is 78.9 Å². The molecule has 10 aromatic carbocycles. The van der Waals surface area contributed by atoms with E-state index in [1.165, 1.54) is 14.2 Å². The number of methoxy groups -OCH3 is 2. The van der Waals surface area contributed by atoms with Crippen molar-refractivity contribution in [1.82, 2.24) is 0 Å². The van der Waals surface area contributed by atoms with E-state index >= 15 is 0 Å². The van der Waals surface area contributed by atoms with Crippen LogP contribution in [0.1, 0.15) is 66.8 Å². The number of rotatable bonds is 36. The zero-order valence-corrected chi connectivity index (χ0v) is 62.2. The van der Waals surface area contributed by atoms with Crippen LogP contribution in [0.25, 0.3) is 0 Å². The van der Waals surface area contributed by atoms with Crippen molar-refractivity contribution in [2.45, 2.75) is 125 Å². The highest BCUT2D eigenvalue weighted by molar-refractivity contribution is 6.31. The van der Waals surface area contributed by atoms with Crippen LogP contribution in [0.5, 0.6) is 11.5 Å². The lowest BCUT2D eigenvalue weighted by atomic mass is 9.80. The SMILES string of the molecule is CO[C@@]1(c2ccc(Cl)c(Cc3ccc(OCC(F)F)cc3)c2)OC(CO)(CO)[C@@H](OCc2ccccc2)[C@H](OCc2ccccc2)C1OCc1ccccc1.CO[C@@]1(c2ccc(Cl)c(Cc3ccc(OCC(F)F)cc3)c2)O[C@@](C=O)(CO)[C@@H](OCc2ccccc2)[C@H](OCc2ccccc2)[C@H]1OCc1ccccc1. The van der Waals surface area contributed by atoms with Crippen molar-refractivity contribution in [1.29, 1.82) is 0 Å². The second-order valence-electron chi connectivity index (χ2n) is 26.6. The molecule has 0 amide bonds. The van der Waals surface area contributed by atoms with Gasteiger partial charge in [-0.1, -0.05) is 242 Å². The van der Waals surface area contributed by atoms with E-state index in [9.17, 15) is 37.7 Å². The van der Waals surface area contributed by atoms with Crippen LogP contribution in [0.4, 0.5) is 17.6 Å². The summed E-state index contributed by atoms with van der Waals surface area (Å²) in [7, 11) is 2.92. The zero-order chi connectivity index (χ0) is 77.4. The first kappa shape index (κ1) is 82.2. The lowest BCUT2D eigenvalue weighted by Crippen LogP contribution is -2.72. The van der Waals surface area contributed by atoms with E-state index in [4.69, 9.17) is 80.0 Å². The Bertz CT molecular complexity index is 4400. The molecule has 3 N–H and O–H groups in total. The molecule has 2 saturated heterocycles. The monoisotopic (exact) mass is 1550 g/mol. The van der Waals surface area contributed by atoms with E-state index < -0.39 is 105 Å². The molecule has 22 heteroatoms. The van der Waals surface area contributed by atoms with Gasteiger partial charge in [0.25, 0.3) is 12.9 Å². The van der Waals surface area contributed by atoms with Crippen LogP contribution in [0.3, 0.4) is 0 Å². The molecule has 16 nitrogen and oxygen atoms in total. The van der Waals surface area contributed by atoms with Gasteiger partial charge in [0.15, 0.2) is 11.9 Å². The number of benzene rings is 10. The van der Waals surface area contributed by atoms with Gasteiger partial charge in [-0.05, 0) is 117 Å². The van der Waals surface area contributed by atoms with Gasteiger partial charge in [-0.2, -0.15) is 0 Å². The molecular weight excluding hydrogens is 1460 g/mol. The highest BCUT2D eigenvalue weighted by Crippen LogP contribution is 2.50. The maximum atomic E-state index is 13.4. The number of aliphatic hydroxyl groups excluding tert-OH is 3. The predicted octanol–water partition coefficient (Wildman–Crippen LogP) is 16.0. The Balaban J connectivity index is 0.000000218. The van der Waals surface area contributed by atoms with Crippen LogP contribution in [0.15, 0.2) is 267 Å². The van der Waals surface area contributed by atoms with Crippen LogP contribution in [-0.2, 0) is 116 Å². The summed E-state index contributed by atoms with van der Waals surface area (Å²) in [6, 6.07) is 81.5. The topological polar surface area (TPSA) is 189 Å². The van der Waals surface area contributed by atoms with E-state index in [1.807, 2.05) is 188 Å². The zero-order valence-electron chi connectivity index (χ0n) is 60.7. The summed E-state index contributed by atoms with van der Waals surface area (Å²) in [5.74, 6) is -2.98. The molecule has 578 valence electrons. The molecule has 0 bridgehead atoms. The maximum Gasteiger partial charge on any atom is 0.272 e. The molecule has 10 aromatic rings. The number of ether oxygens (including phenoxy) is 12. The number of carbonyl (C=O) groups is 1. The quantitative estimate of drug-likeness (QED) is 0.0248. The van der Waals surface area contributed by atoms with Crippen molar-refractivity contribution in [3.8, 4) is 11.5 Å². The van der Waals surface area contributed by atoms with E-state index in [0.717, 1.165) is 44.5 Å². The number of carbonyl (C=O) groups excluding carboxylic acids is 1. The first-order valence-electron chi connectivity index (χ1n) is 35.9. The van der Waals surface area contributed by atoms with Crippen molar-refractivity contribution in [3.05, 3.63) is 344 Å². The molecule has 9 atom stereocenters. The first-order valence-corrected chi connectivity index (χ1v) is 36.6. The Labute approximate surface area is 647 Å². The van der Waals surface area contributed by atoms with Gasteiger partial charge >= 0.3 is 0 Å². The Kier molecular flexibility index (Phi) is 29.8. The fourth-order valence-electron chi connectivity index (χ4n) is 13.5. The van der Waals surface area contributed by atoms with Crippen molar-refractivity contribution in [2.75, 3.05) is 47.3 Å². The lowest BCUT2D eigenvalue weighted by Gasteiger charge is -2.56. The Morgan fingerprint density at radius 2 is 0.691 bits per heavy atom. The van der Waals surface area contributed by atoms with Gasteiger partial charge in [-0.15, -0.1) is 0 Å². The smallest absolute Gasteiger partial charge is 0.272 e. The number of hydrogen-bond donors (Lipinski definition) is 3. The summed E-state index contributed by atoms with van der Waals surface area (Å²) < 4.78 is 128. The van der Waals surface area contributed by atoms with E-state index in [0.29, 0.717) is 62.9 Å². The largest absolute Gasteiger partial charge is 0.488 e. The van der Waals surface area contributed by atoms with Gasteiger partial charge in [0.2, 0.25) is 11.6 Å². The van der Waals surface area contributed by atoms with Crippen LogP contribution in [0, 0.1) is 0 Å². The summed E-state index contributed by atoms with van der Waals surface area (Å²) in [4.78, 5) is 13.4. The Morgan fingerprint density at radius 3 is 1.00 bits per heavy atom. The van der Waals surface area contributed by atoms with Gasteiger partial charge in [0.1, 0.15) is 66.9 Å². The van der Waals surface area contributed by atoms with Gasteiger partial charge in [0, 0.05) is 35.4 Å². The fraction of sp³-hybridized carbons (Fsp3) is 0.307. The number of hydrogen-bond acceptors (Lipinski definition) is 16. The molecule has 2 heterocycles. The standard InChI is InChI=1S/C44H45ClF2O8.C44H43ClF2O8/c2*1-50-44(36-19-22-38(45)35(24-36)23-31-17-20-37(21-18-31)51-28-39(46)47)42(54-27-34-15-9-4-10-16-34)40(52-25-32-11-5-2-6-12-32)41(43(29-48,30-49)55-44)53-26-33-13-7-3-8-14-33/h2-22,24,39-42,48-49H,23,25-30H2,1H3;2-22,24,29,39-42,49H,23,25-28,30H2,1H3/t40-,41-,42?,44-;40-,41-,42+,43-,44-/m00/s1. The highest BCUT2D eigenvalue weighted by Gasteiger charge is 2.66. The Morgan fingerprint density at radius 1 is 0.382 bits per heavy atom. The summed E-state index contributed by atoms with van der Waals surface area (Å²) in [5.41, 5.74) is 5.46. The minimum Gasteiger partial charge on any atom is -0.488 e. The second kappa shape index (κ2) is 39.9. The summed E-state index contributed by atoms with van der Waals surface area (Å²) in [6.45, 7) is -2.73. The molecule has 12 rings (SSSR count). The van der Waals surface area contributed by atoms with Crippen LogP contribution in [0.2, 0.25) is 10.0 Å². The molecular formula is C88H88Cl2F4O16. The molecule has 1 unspecified atom stereocenters. The van der Waals surface area contributed by atoms with Gasteiger partial charge in [0.05, 0.1) is 59.5 Å². The number of aldehydes is 1. The minimum absolute atomic E-state index is 0.0814. The normalized spacial score (nSPS) is 21.6. The van der Waals surface area contributed by atoms with Crippen molar-refractivity contribution in [2.24, 2.45) is 0 Å². The molecule has 0 radical (unpaired) electrons. The van der Waals surface area contributed by atoms with Gasteiger partial charge in [-0.25, -0.2) is 17.6 Å². The summed E-state index contributed by atoms with van der Waals surface area (Å²) in [6.07, 6.45) is -10.3. The molecule has 2 aliphatic rings. The number of halogens is 6. The van der Waals surface area contributed by atoms with E-state index in [-0.39, 0.29) is 39.6 Å². The van der Waals surface area contributed by atoms with Crippen LogP contribution >= 0.6 is 23.2 Å². The average molecular weight is 1550 g/mol. The fourth-order valence-corrected chi connectivity index (χ4v) is 13.9. The third-order valence-electron chi connectivity index (χ3n) is 19.2.